The van der Waals surface area contributed by atoms with Gasteiger partial charge in [0.2, 0.25) is 10.0 Å². The first-order chi connectivity index (χ1) is 13.9. The molecule has 29 heavy (non-hydrogen) atoms. The van der Waals surface area contributed by atoms with Gasteiger partial charge in [0.05, 0.1) is 11.5 Å². The SMILES string of the molecule is COCc1cccc(C(=O)NNC(=O)c2ccc(S(=O)(=O)N3CCCC3)cc2)c1. The van der Waals surface area contributed by atoms with Crippen molar-refractivity contribution in [1.82, 2.24) is 15.2 Å². The molecule has 2 aromatic rings. The van der Waals surface area contributed by atoms with E-state index in [2.05, 4.69) is 10.9 Å². The van der Waals surface area contributed by atoms with Crippen molar-refractivity contribution in [3.63, 3.8) is 0 Å². The zero-order valence-corrected chi connectivity index (χ0v) is 16.9. The molecule has 0 atom stereocenters. The third kappa shape index (κ3) is 5.00. The van der Waals surface area contributed by atoms with Crippen molar-refractivity contribution >= 4 is 21.8 Å². The molecule has 0 aromatic heterocycles. The largest absolute Gasteiger partial charge is 0.380 e. The van der Waals surface area contributed by atoms with Gasteiger partial charge in [-0.25, -0.2) is 8.42 Å². The molecule has 2 N–H and O–H groups in total. The minimum Gasteiger partial charge on any atom is -0.380 e. The van der Waals surface area contributed by atoms with Crippen LogP contribution in [0.15, 0.2) is 53.4 Å². The van der Waals surface area contributed by atoms with E-state index in [9.17, 15) is 18.0 Å². The van der Waals surface area contributed by atoms with Gasteiger partial charge in [-0.1, -0.05) is 12.1 Å². The van der Waals surface area contributed by atoms with Gasteiger partial charge in [0.15, 0.2) is 0 Å². The molecule has 0 radical (unpaired) electrons. The maximum atomic E-state index is 12.5. The minimum absolute atomic E-state index is 0.148. The van der Waals surface area contributed by atoms with Crippen LogP contribution >= 0.6 is 0 Å². The van der Waals surface area contributed by atoms with Crippen LogP contribution in [0.4, 0.5) is 0 Å². The average Bonchev–Trinajstić information content (AvgIpc) is 3.28. The van der Waals surface area contributed by atoms with E-state index in [1.54, 1.807) is 25.3 Å². The number of ether oxygens (including phenoxy) is 1. The molecule has 154 valence electrons. The van der Waals surface area contributed by atoms with Gasteiger partial charge in [-0.3, -0.25) is 20.4 Å². The Kier molecular flexibility index (Phi) is 6.63. The van der Waals surface area contributed by atoms with E-state index < -0.39 is 21.8 Å². The monoisotopic (exact) mass is 417 g/mol. The maximum absolute atomic E-state index is 12.5. The summed E-state index contributed by atoms with van der Waals surface area (Å²) in [4.78, 5) is 24.6. The Morgan fingerprint density at radius 1 is 0.966 bits per heavy atom. The molecule has 2 amide bonds. The fourth-order valence-corrected chi connectivity index (χ4v) is 4.60. The first-order valence-corrected chi connectivity index (χ1v) is 10.6. The number of hydrogen-bond donors (Lipinski definition) is 2. The molecule has 0 unspecified atom stereocenters. The topological polar surface area (TPSA) is 105 Å². The van der Waals surface area contributed by atoms with Gasteiger partial charge >= 0.3 is 0 Å². The van der Waals surface area contributed by atoms with E-state index in [1.807, 2.05) is 6.07 Å². The molecule has 0 aliphatic carbocycles. The van der Waals surface area contributed by atoms with Crippen molar-refractivity contribution < 1.29 is 22.7 Å². The molecule has 3 rings (SSSR count). The van der Waals surface area contributed by atoms with Crippen molar-refractivity contribution in [3.05, 3.63) is 65.2 Å². The van der Waals surface area contributed by atoms with Gasteiger partial charge in [-0.15, -0.1) is 0 Å². The van der Waals surface area contributed by atoms with Crippen LogP contribution in [0, 0.1) is 0 Å². The predicted octanol–water partition coefficient (Wildman–Crippen LogP) is 1.69. The van der Waals surface area contributed by atoms with Gasteiger partial charge in [-0.2, -0.15) is 4.31 Å². The molecule has 8 nitrogen and oxygen atoms in total. The summed E-state index contributed by atoms with van der Waals surface area (Å²) in [6.07, 6.45) is 1.71. The van der Waals surface area contributed by atoms with E-state index in [1.165, 1.54) is 28.6 Å². The van der Waals surface area contributed by atoms with Crippen LogP contribution in [0.3, 0.4) is 0 Å². The zero-order chi connectivity index (χ0) is 20.9. The molecule has 1 aliphatic heterocycles. The molecule has 0 saturated carbocycles. The van der Waals surface area contributed by atoms with Gasteiger partial charge in [0, 0.05) is 31.3 Å². The Morgan fingerprint density at radius 3 is 2.21 bits per heavy atom. The number of hydrogen-bond acceptors (Lipinski definition) is 5. The molecule has 0 bridgehead atoms. The van der Waals surface area contributed by atoms with E-state index in [0.717, 1.165) is 18.4 Å². The Bertz CT molecular complexity index is 983. The zero-order valence-electron chi connectivity index (χ0n) is 16.1. The minimum atomic E-state index is -3.53. The molecular formula is C20H23N3O5S. The van der Waals surface area contributed by atoms with Crippen LogP contribution in [-0.2, 0) is 21.4 Å². The van der Waals surface area contributed by atoms with Gasteiger partial charge in [0.1, 0.15) is 0 Å². The molecule has 1 saturated heterocycles. The third-order valence-corrected chi connectivity index (χ3v) is 6.52. The molecule has 1 aliphatic rings. The van der Waals surface area contributed by atoms with Crippen molar-refractivity contribution in [2.24, 2.45) is 0 Å². The van der Waals surface area contributed by atoms with Crippen molar-refractivity contribution in [2.75, 3.05) is 20.2 Å². The number of carbonyl (C=O) groups excluding carboxylic acids is 2. The Labute approximate surface area is 169 Å². The molecule has 0 spiro atoms. The standard InChI is InChI=1S/C20H23N3O5S/c1-28-14-15-5-4-6-17(13-15)20(25)22-21-19(24)16-7-9-18(10-8-16)29(26,27)23-11-2-3-12-23/h4-10,13H,2-3,11-12,14H2,1H3,(H,21,24)(H,22,25). The second kappa shape index (κ2) is 9.17. The highest BCUT2D eigenvalue weighted by Crippen LogP contribution is 2.21. The third-order valence-electron chi connectivity index (χ3n) is 4.61. The first-order valence-electron chi connectivity index (χ1n) is 9.20. The fraction of sp³-hybridized carbons (Fsp3) is 0.300. The first kappa shape index (κ1) is 21.0. The highest BCUT2D eigenvalue weighted by atomic mass is 32.2. The number of methoxy groups -OCH3 is 1. The molecule has 1 heterocycles. The lowest BCUT2D eigenvalue weighted by Gasteiger charge is -2.15. The van der Waals surface area contributed by atoms with Crippen LogP contribution < -0.4 is 10.9 Å². The second-order valence-corrected chi connectivity index (χ2v) is 8.62. The Hall–Kier alpha value is -2.75. The fourth-order valence-electron chi connectivity index (χ4n) is 3.08. The summed E-state index contributed by atoms with van der Waals surface area (Å²) < 4.78 is 31.5. The number of sulfonamides is 1. The number of benzene rings is 2. The Balaban J connectivity index is 1.61. The summed E-state index contributed by atoms with van der Waals surface area (Å²) in [7, 11) is -1.97. The summed E-state index contributed by atoms with van der Waals surface area (Å²) >= 11 is 0. The summed E-state index contributed by atoms with van der Waals surface area (Å²) in [6, 6.07) is 12.5. The maximum Gasteiger partial charge on any atom is 0.269 e. The lowest BCUT2D eigenvalue weighted by Crippen LogP contribution is -2.41. The van der Waals surface area contributed by atoms with E-state index >= 15 is 0 Å². The lowest BCUT2D eigenvalue weighted by molar-refractivity contribution is 0.0846. The molecule has 9 heteroatoms. The predicted molar refractivity (Wildman–Crippen MR) is 107 cm³/mol. The summed E-state index contributed by atoms with van der Waals surface area (Å²) in [5.74, 6) is -1.01. The van der Waals surface area contributed by atoms with Gasteiger partial charge in [0.25, 0.3) is 11.8 Å². The normalized spacial score (nSPS) is 14.5. The summed E-state index contributed by atoms with van der Waals surface area (Å²) in [5.41, 5.74) is 6.13. The van der Waals surface area contributed by atoms with Crippen LogP contribution in [0.1, 0.15) is 39.1 Å². The van der Waals surface area contributed by atoms with Gasteiger partial charge in [-0.05, 0) is 54.8 Å². The van der Waals surface area contributed by atoms with Crippen LogP contribution in [0.2, 0.25) is 0 Å². The number of hydrazine groups is 1. The van der Waals surface area contributed by atoms with Crippen molar-refractivity contribution in [3.8, 4) is 0 Å². The Morgan fingerprint density at radius 2 is 1.59 bits per heavy atom. The van der Waals surface area contributed by atoms with E-state index in [-0.39, 0.29) is 10.5 Å². The number of rotatable bonds is 6. The van der Waals surface area contributed by atoms with E-state index in [4.69, 9.17) is 4.74 Å². The summed E-state index contributed by atoms with van der Waals surface area (Å²) in [6.45, 7) is 1.41. The number of carbonyl (C=O) groups is 2. The smallest absolute Gasteiger partial charge is 0.269 e. The average molecular weight is 417 g/mol. The van der Waals surface area contributed by atoms with Crippen molar-refractivity contribution in [2.45, 2.75) is 24.3 Å². The highest BCUT2D eigenvalue weighted by Gasteiger charge is 2.27. The van der Waals surface area contributed by atoms with Crippen LogP contribution in [0.25, 0.3) is 0 Å². The number of amides is 2. The molecule has 1 fully saturated rings. The van der Waals surface area contributed by atoms with Crippen LogP contribution in [-0.4, -0.2) is 44.7 Å². The summed E-state index contributed by atoms with van der Waals surface area (Å²) in [5, 5.41) is 0. The van der Waals surface area contributed by atoms with Crippen LogP contribution in [0.5, 0.6) is 0 Å². The quantitative estimate of drug-likeness (QED) is 0.696. The molecular weight excluding hydrogens is 394 g/mol. The van der Waals surface area contributed by atoms with Gasteiger partial charge < -0.3 is 4.74 Å². The number of nitrogens with zero attached hydrogens (tertiary/aromatic N) is 1. The van der Waals surface area contributed by atoms with Crippen molar-refractivity contribution in [1.29, 1.82) is 0 Å². The lowest BCUT2D eigenvalue weighted by atomic mass is 10.1. The second-order valence-electron chi connectivity index (χ2n) is 6.68. The van der Waals surface area contributed by atoms with E-state index in [0.29, 0.717) is 25.3 Å². The highest BCUT2D eigenvalue weighted by molar-refractivity contribution is 7.89. The number of nitrogens with one attached hydrogen (secondary N) is 2. The molecule has 2 aromatic carbocycles.